The molecule has 0 saturated heterocycles. The predicted molar refractivity (Wildman–Crippen MR) is 71.9 cm³/mol. The summed E-state index contributed by atoms with van der Waals surface area (Å²) in [6.45, 7) is 2.32. The smallest absolute Gasteiger partial charge is 0.242 e. The molecule has 5 nitrogen and oxygen atoms in total. The van der Waals surface area contributed by atoms with Crippen LogP contribution in [0.25, 0.3) is 0 Å². The number of likely N-dealkylation sites (N-methyl/N-ethyl adjacent to an activating group) is 1. The van der Waals surface area contributed by atoms with Crippen molar-refractivity contribution in [2.24, 2.45) is 11.7 Å². The molecule has 1 aliphatic carbocycles. The summed E-state index contributed by atoms with van der Waals surface area (Å²) < 4.78 is 22.2. The first kappa shape index (κ1) is 15.4. The zero-order chi connectivity index (χ0) is 14.0. The fourth-order valence-electron chi connectivity index (χ4n) is 2.57. The van der Waals surface area contributed by atoms with E-state index in [1.165, 1.54) is 11.2 Å². The fourth-order valence-corrected chi connectivity index (χ4v) is 3.18. The van der Waals surface area contributed by atoms with E-state index in [0.29, 0.717) is 18.8 Å². The second-order valence-electron chi connectivity index (χ2n) is 5.71. The van der Waals surface area contributed by atoms with Crippen molar-refractivity contribution in [1.29, 1.82) is 0 Å². The highest BCUT2D eigenvalue weighted by atomic mass is 32.2. The van der Waals surface area contributed by atoms with Crippen molar-refractivity contribution in [1.82, 2.24) is 4.90 Å². The molecular weight excluding hydrogens is 252 g/mol. The van der Waals surface area contributed by atoms with Crippen LogP contribution in [0.1, 0.15) is 32.6 Å². The van der Waals surface area contributed by atoms with Gasteiger partial charge in [-0.05, 0) is 18.8 Å². The van der Waals surface area contributed by atoms with Crippen molar-refractivity contribution in [3.05, 3.63) is 0 Å². The van der Waals surface area contributed by atoms with E-state index >= 15 is 0 Å². The highest BCUT2D eigenvalue weighted by Crippen LogP contribution is 2.31. The van der Waals surface area contributed by atoms with Gasteiger partial charge in [-0.2, -0.15) is 0 Å². The molecule has 18 heavy (non-hydrogen) atoms. The number of nitrogens with zero attached hydrogens (tertiary/aromatic N) is 1. The van der Waals surface area contributed by atoms with Gasteiger partial charge in [0.1, 0.15) is 9.84 Å². The molecule has 1 amide bonds. The van der Waals surface area contributed by atoms with Crippen LogP contribution < -0.4 is 5.73 Å². The number of carbonyl (C=O) groups is 1. The number of sulfone groups is 1. The van der Waals surface area contributed by atoms with Crippen LogP contribution in [0, 0.1) is 5.92 Å². The second-order valence-corrected chi connectivity index (χ2v) is 7.97. The van der Waals surface area contributed by atoms with Gasteiger partial charge in [-0.3, -0.25) is 4.79 Å². The molecule has 0 heterocycles. The molecule has 2 unspecified atom stereocenters. The van der Waals surface area contributed by atoms with E-state index in [-0.39, 0.29) is 18.2 Å². The van der Waals surface area contributed by atoms with Crippen LogP contribution in [-0.4, -0.2) is 50.4 Å². The molecule has 0 radical (unpaired) electrons. The lowest BCUT2D eigenvalue weighted by Gasteiger charge is -2.38. The second kappa shape index (κ2) is 5.57. The Morgan fingerprint density at radius 3 is 2.61 bits per heavy atom. The SMILES string of the molecule is CC1CCCC(N)(C(=O)N(C)CCS(C)(=O)=O)C1. The van der Waals surface area contributed by atoms with Crippen molar-refractivity contribution in [2.45, 2.75) is 38.1 Å². The molecule has 0 aliphatic heterocycles. The van der Waals surface area contributed by atoms with E-state index in [1.54, 1.807) is 7.05 Å². The zero-order valence-electron chi connectivity index (χ0n) is 11.5. The van der Waals surface area contributed by atoms with Crippen molar-refractivity contribution >= 4 is 15.7 Å². The summed E-state index contributed by atoms with van der Waals surface area (Å²) in [6.07, 6.45) is 4.63. The largest absolute Gasteiger partial charge is 0.343 e. The Balaban J connectivity index is 2.62. The Morgan fingerprint density at radius 1 is 1.50 bits per heavy atom. The van der Waals surface area contributed by atoms with Gasteiger partial charge in [0.15, 0.2) is 0 Å². The number of carbonyl (C=O) groups excluding carboxylic acids is 1. The molecule has 0 aromatic rings. The normalized spacial score (nSPS) is 29.0. The Bertz CT molecular complexity index is 408. The van der Waals surface area contributed by atoms with Gasteiger partial charge in [0.2, 0.25) is 5.91 Å². The van der Waals surface area contributed by atoms with Crippen LogP contribution >= 0.6 is 0 Å². The summed E-state index contributed by atoms with van der Waals surface area (Å²) in [5.74, 6) is 0.314. The van der Waals surface area contributed by atoms with Gasteiger partial charge in [-0.15, -0.1) is 0 Å². The monoisotopic (exact) mass is 276 g/mol. The van der Waals surface area contributed by atoms with Crippen molar-refractivity contribution in [3.8, 4) is 0 Å². The van der Waals surface area contributed by atoms with E-state index in [0.717, 1.165) is 12.8 Å². The Labute approximate surface area is 110 Å². The number of hydrogen-bond acceptors (Lipinski definition) is 4. The summed E-state index contributed by atoms with van der Waals surface area (Å²) in [4.78, 5) is 13.7. The van der Waals surface area contributed by atoms with Crippen molar-refractivity contribution < 1.29 is 13.2 Å². The summed E-state index contributed by atoms with van der Waals surface area (Å²) in [5.41, 5.74) is 5.39. The van der Waals surface area contributed by atoms with Gasteiger partial charge in [0.05, 0.1) is 11.3 Å². The van der Waals surface area contributed by atoms with E-state index in [2.05, 4.69) is 6.92 Å². The topological polar surface area (TPSA) is 80.5 Å². The molecule has 1 aliphatic rings. The molecule has 1 fully saturated rings. The maximum atomic E-state index is 12.3. The molecular formula is C12H24N2O3S. The minimum Gasteiger partial charge on any atom is -0.343 e. The van der Waals surface area contributed by atoms with Gasteiger partial charge >= 0.3 is 0 Å². The summed E-state index contributed by atoms with van der Waals surface area (Å²) in [6, 6.07) is 0. The minimum absolute atomic E-state index is 0.0130. The van der Waals surface area contributed by atoms with Gasteiger partial charge in [0, 0.05) is 19.8 Å². The first-order valence-corrected chi connectivity index (χ1v) is 8.42. The molecule has 1 saturated carbocycles. The zero-order valence-corrected chi connectivity index (χ0v) is 12.3. The number of rotatable bonds is 4. The third-order valence-corrected chi connectivity index (χ3v) is 4.53. The average Bonchev–Trinajstić information content (AvgIpc) is 2.23. The Hall–Kier alpha value is -0.620. The molecule has 0 aromatic carbocycles. The molecule has 2 atom stereocenters. The van der Waals surface area contributed by atoms with Gasteiger partial charge in [-0.1, -0.05) is 19.8 Å². The summed E-state index contributed by atoms with van der Waals surface area (Å²) in [7, 11) is -1.42. The van der Waals surface area contributed by atoms with Crippen LogP contribution in [0.5, 0.6) is 0 Å². The maximum Gasteiger partial charge on any atom is 0.242 e. The van der Waals surface area contributed by atoms with Crippen LogP contribution in [-0.2, 0) is 14.6 Å². The molecule has 0 aromatic heterocycles. The Morgan fingerprint density at radius 2 is 2.11 bits per heavy atom. The number of hydrogen-bond donors (Lipinski definition) is 1. The van der Waals surface area contributed by atoms with E-state index in [4.69, 9.17) is 5.73 Å². The predicted octanol–water partition coefficient (Wildman–Crippen LogP) is 0.397. The van der Waals surface area contributed by atoms with Crippen molar-refractivity contribution in [3.63, 3.8) is 0 Å². The van der Waals surface area contributed by atoms with Gasteiger partial charge < -0.3 is 10.6 Å². The first-order valence-electron chi connectivity index (χ1n) is 6.36. The van der Waals surface area contributed by atoms with Crippen LogP contribution in [0.15, 0.2) is 0 Å². The quantitative estimate of drug-likeness (QED) is 0.806. The van der Waals surface area contributed by atoms with Crippen LogP contribution in [0.3, 0.4) is 0 Å². The maximum absolute atomic E-state index is 12.3. The standard InChI is InChI=1S/C12H24N2O3S/c1-10-5-4-6-12(13,9-10)11(15)14(2)7-8-18(3,16)17/h10H,4-9,13H2,1-3H3. The lowest BCUT2D eigenvalue weighted by atomic mass is 9.76. The highest BCUT2D eigenvalue weighted by Gasteiger charge is 2.39. The molecule has 6 heteroatoms. The van der Waals surface area contributed by atoms with E-state index < -0.39 is 15.4 Å². The van der Waals surface area contributed by atoms with Crippen molar-refractivity contribution in [2.75, 3.05) is 25.6 Å². The fraction of sp³-hybridized carbons (Fsp3) is 0.917. The molecule has 1 rings (SSSR count). The van der Waals surface area contributed by atoms with Gasteiger partial charge in [0.25, 0.3) is 0 Å². The lowest BCUT2D eigenvalue weighted by Crippen LogP contribution is -2.57. The van der Waals surface area contributed by atoms with Crippen LogP contribution in [0.4, 0.5) is 0 Å². The Kier molecular flexibility index (Phi) is 4.78. The molecule has 0 bridgehead atoms. The summed E-state index contributed by atoms with van der Waals surface area (Å²) >= 11 is 0. The first-order chi connectivity index (χ1) is 8.14. The highest BCUT2D eigenvalue weighted by molar-refractivity contribution is 7.90. The third-order valence-electron chi connectivity index (χ3n) is 3.60. The van der Waals surface area contributed by atoms with E-state index in [1.807, 2.05) is 0 Å². The van der Waals surface area contributed by atoms with Crippen LogP contribution in [0.2, 0.25) is 0 Å². The summed E-state index contributed by atoms with van der Waals surface area (Å²) in [5, 5.41) is 0. The number of nitrogens with two attached hydrogens (primary N) is 1. The molecule has 2 N–H and O–H groups in total. The third kappa shape index (κ3) is 4.24. The van der Waals surface area contributed by atoms with E-state index in [9.17, 15) is 13.2 Å². The lowest BCUT2D eigenvalue weighted by molar-refractivity contribution is -0.137. The minimum atomic E-state index is -3.05. The van der Waals surface area contributed by atoms with Gasteiger partial charge in [-0.25, -0.2) is 8.42 Å². The number of amides is 1. The average molecular weight is 276 g/mol. The molecule has 106 valence electrons. The molecule has 0 spiro atoms.